The smallest absolute Gasteiger partial charge is 0.226 e. The number of thiazole rings is 1. The van der Waals surface area contributed by atoms with Gasteiger partial charge >= 0.3 is 0 Å². The number of nitrogens with zero attached hydrogens (tertiary/aromatic N) is 2. The van der Waals surface area contributed by atoms with Gasteiger partial charge in [-0.1, -0.05) is 13.0 Å². The maximum atomic E-state index is 12.2. The van der Waals surface area contributed by atoms with Crippen molar-refractivity contribution in [3.05, 3.63) is 35.5 Å². The van der Waals surface area contributed by atoms with E-state index in [1.54, 1.807) is 6.20 Å². The zero-order valence-corrected chi connectivity index (χ0v) is 15.8. The first-order valence-corrected chi connectivity index (χ1v) is 8.46. The summed E-state index contributed by atoms with van der Waals surface area (Å²) in [6.45, 7) is 4.07. The van der Waals surface area contributed by atoms with Gasteiger partial charge in [0.25, 0.3) is 0 Å². The molecule has 3 heterocycles. The third-order valence-corrected chi connectivity index (χ3v) is 4.87. The lowest BCUT2D eigenvalue weighted by Gasteiger charge is -2.30. The number of halogens is 2. The minimum atomic E-state index is 0. The van der Waals surface area contributed by atoms with Crippen LogP contribution in [0.1, 0.15) is 19.0 Å². The van der Waals surface area contributed by atoms with E-state index >= 15 is 0 Å². The molecule has 132 valence electrons. The van der Waals surface area contributed by atoms with E-state index in [9.17, 15) is 4.79 Å². The van der Waals surface area contributed by atoms with Crippen LogP contribution < -0.4 is 10.6 Å². The summed E-state index contributed by atoms with van der Waals surface area (Å²) in [6, 6.07) is 5.96. The van der Waals surface area contributed by atoms with Crippen molar-refractivity contribution in [2.45, 2.75) is 25.8 Å². The van der Waals surface area contributed by atoms with Crippen molar-refractivity contribution >= 4 is 42.1 Å². The molecular weight excluding hydrogens is 367 g/mol. The SMILES string of the molecule is CC1CCNCC1NC(=O)Cc1csc(-c2ccccn2)n1.Cl.Cl. The molecule has 0 aliphatic carbocycles. The Bertz CT molecular complexity index is 638. The fraction of sp³-hybridized carbons (Fsp3) is 0.438. The van der Waals surface area contributed by atoms with Crippen molar-refractivity contribution in [2.75, 3.05) is 13.1 Å². The highest BCUT2D eigenvalue weighted by atomic mass is 35.5. The summed E-state index contributed by atoms with van der Waals surface area (Å²) in [6.07, 6.45) is 3.18. The molecule has 8 heteroatoms. The Kier molecular flexibility index (Phi) is 8.62. The highest BCUT2D eigenvalue weighted by Crippen LogP contribution is 2.21. The van der Waals surface area contributed by atoms with Gasteiger partial charge in [-0.25, -0.2) is 4.98 Å². The Labute approximate surface area is 158 Å². The van der Waals surface area contributed by atoms with Crippen LogP contribution in [0, 0.1) is 5.92 Å². The van der Waals surface area contributed by atoms with Crippen LogP contribution in [0.5, 0.6) is 0 Å². The molecule has 0 bridgehead atoms. The number of rotatable bonds is 4. The zero-order valence-electron chi connectivity index (χ0n) is 13.4. The molecule has 2 aromatic heterocycles. The quantitative estimate of drug-likeness (QED) is 0.844. The van der Waals surface area contributed by atoms with Gasteiger partial charge in [0.1, 0.15) is 5.01 Å². The number of aromatic nitrogens is 2. The van der Waals surface area contributed by atoms with Crippen molar-refractivity contribution in [3.8, 4) is 10.7 Å². The average Bonchev–Trinajstić information content (AvgIpc) is 2.99. The van der Waals surface area contributed by atoms with Crippen LogP contribution in [-0.4, -0.2) is 35.0 Å². The van der Waals surface area contributed by atoms with E-state index in [4.69, 9.17) is 0 Å². The molecule has 3 rings (SSSR count). The number of nitrogens with one attached hydrogen (secondary N) is 2. The third-order valence-electron chi connectivity index (χ3n) is 3.95. The van der Waals surface area contributed by atoms with Crippen LogP contribution in [-0.2, 0) is 11.2 Å². The summed E-state index contributed by atoms with van der Waals surface area (Å²) in [4.78, 5) is 21.0. The molecule has 2 N–H and O–H groups in total. The number of hydrogen-bond acceptors (Lipinski definition) is 5. The van der Waals surface area contributed by atoms with Gasteiger partial charge in [-0.3, -0.25) is 9.78 Å². The van der Waals surface area contributed by atoms with E-state index in [2.05, 4.69) is 27.5 Å². The van der Waals surface area contributed by atoms with Gasteiger partial charge < -0.3 is 10.6 Å². The molecule has 0 aromatic carbocycles. The summed E-state index contributed by atoms with van der Waals surface area (Å²) in [7, 11) is 0. The second-order valence-electron chi connectivity index (χ2n) is 5.68. The van der Waals surface area contributed by atoms with Gasteiger partial charge in [-0.05, 0) is 31.0 Å². The number of carbonyl (C=O) groups is 1. The predicted octanol–water partition coefficient (Wildman–Crippen LogP) is 2.71. The number of amides is 1. The lowest BCUT2D eigenvalue weighted by molar-refractivity contribution is -0.121. The summed E-state index contributed by atoms with van der Waals surface area (Å²) in [5.41, 5.74) is 1.66. The largest absolute Gasteiger partial charge is 0.351 e. The van der Waals surface area contributed by atoms with E-state index < -0.39 is 0 Å². The summed E-state index contributed by atoms with van der Waals surface area (Å²) < 4.78 is 0. The number of hydrogen-bond donors (Lipinski definition) is 2. The normalized spacial score (nSPS) is 19.7. The molecule has 1 aliphatic rings. The summed E-state index contributed by atoms with van der Waals surface area (Å²) in [5.74, 6) is 0.558. The molecule has 1 fully saturated rings. The average molecular weight is 389 g/mol. The molecule has 0 saturated carbocycles. The van der Waals surface area contributed by atoms with Gasteiger partial charge in [0.05, 0.1) is 17.8 Å². The monoisotopic (exact) mass is 388 g/mol. The molecule has 1 aliphatic heterocycles. The van der Waals surface area contributed by atoms with Gasteiger partial charge in [-0.2, -0.15) is 0 Å². The van der Waals surface area contributed by atoms with E-state index in [-0.39, 0.29) is 36.8 Å². The van der Waals surface area contributed by atoms with E-state index in [1.165, 1.54) is 11.3 Å². The number of pyridine rings is 1. The van der Waals surface area contributed by atoms with E-state index in [0.29, 0.717) is 12.3 Å². The second-order valence-corrected chi connectivity index (χ2v) is 6.54. The highest BCUT2D eigenvalue weighted by molar-refractivity contribution is 7.13. The van der Waals surface area contributed by atoms with Gasteiger partial charge in [0, 0.05) is 24.2 Å². The third kappa shape index (κ3) is 5.41. The molecular formula is C16H22Cl2N4OS. The van der Waals surface area contributed by atoms with Crippen LogP contribution in [0.3, 0.4) is 0 Å². The fourth-order valence-corrected chi connectivity index (χ4v) is 3.40. The predicted molar refractivity (Wildman–Crippen MR) is 102 cm³/mol. The molecule has 2 aromatic rings. The van der Waals surface area contributed by atoms with Crippen LogP contribution >= 0.6 is 36.2 Å². The van der Waals surface area contributed by atoms with E-state index in [0.717, 1.165) is 35.9 Å². The molecule has 1 amide bonds. The number of carbonyl (C=O) groups excluding carboxylic acids is 1. The molecule has 1 saturated heterocycles. The van der Waals surface area contributed by atoms with Crippen LogP contribution in [0.15, 0.2) is 29.8 Å². The van der Waals surface area contributed by atoms with Crippen molar-refractivity contribution in [2.24, 2.45) is 5.92 Å². The standard InChI is InChI=1S/C16H20N4OS.2ClH/c1-11-5-7-17-9-14(11)20-15(21)8-12-10-22-16(19-12)13-4-2-3-6-18-13;;/h2-4,6,10-11,14,17H,5,7-9H2,1H3,(H,20,21);2*1H. The molecule has 2 atom stereocenters. The Balaban J connectivity index is 0.00000144. The maximum absolute atomic E-state index is 12.2. The first-order chi connectivity index (χ1) is 10.7. The molecule has 0 radical (unpaired) electrons. The number of piperidine rings is 1. The second kappa shape index (κ2) is 9.93. The van der Waals surface area contributed by atoms with Gasteiger partial charge in [-0.15, -0.1) is 36.2 Å². The van der Waals surface area contributed by atoms with Crippen molar-refractivity contribution in [3.63, 3.8) is 0 Å². The topological polar surface area (TPSA) is 66.9 Å². The minimum absolute atomic E-state index is 0. The first kappa shape index (κ1) is 20.8. The maximum Gasteiger partial charge on any atom is 0.226 e. The summed E-state index contributed by atoms with van der Waals surface area (Å²) >= 11 is 1.53. The van der Waals surface area contributed by atoms with Gasteiger partial charge in [0.2, 0.25) is 5.91 Å². The van der Waals surface area contributed by atoms with Crippen LogP contribution in [0.2, 0.25) is 0 Å². The molecule has 0 spiro atoms. The zero-order chi connectivity index (χ0) is 15.4. The lowest BCUT2D eigenvalue weighted by Crippen LogP contribution is -2.50. The first-order valence-electron chi connectivity index (χ1n) is 7.58. The van der Waals surface area contributed by atoms with Crippen LogP contribution in [0.25, 0.3) is 10.7 Å². The van der Waals surface area contributed by atoms with Crippen molar-refractivity contribution in [1.29, 1.82) is 0 Å². The fourth-order valence-electron chi connectivity index (χ4n) is 2.60. The van der Waals surface area contributed by atoms with Gasteiger partial charge in [0.15, 0.2) is 0 Å². The van der Waals surface area contributed by atoms with Crippen molar-refractivity contribution in [1.82, 2.24) is 20.6 Å². The van der Waals surface area contributed by atoms with Crippen molar-refractivity contribution < 1.29 is 4.79 Å². The Morgan fingerprint density at radius 3 is 2.96 bits per heavy atom. The molecule has 2 unspecified atom stereocenters. The van der Waals surface area contributed by atoms with E-state index in [1.807, 2.05) is 23.6 Å². The molecule has 5 nitrogen and oxygen atoms in total. The highest BCUT2D eigenvalue weighted by Gasteiger charge is 2.22. The summed E-state index contributed by atoms with van der Waals surface area (Å²) in [5, 5.41) is 9.23. The Morgan fingerprint density at radius 2 is 2.25 bits per heavy atom. The Hall–Kier alpha value is -1.21. The molecule has 24 heavy (non-hydrogen) atoms. The van der Waals surface area contributed by atoms with Crippen LogP contribution in [0.4, 0.5) is 0 Å². The minimum Gasteiger partial charge on any atom is -0.351 e. The lowest BCUT2D eigenvalue weighted by atomic mass is 9.95. The Morgan fingerprint density at radius 1 is 1.42 bits per heavy atom.